The van der Waals surface area contributed by atoms with Crippen LogP contribution in [0.15, 0.2) is 23.2 Å². The van der Waals surface area contributed by atoms with Crippen LogP contribution in [0.1, 0.15) is 43.2 Å². The van der Waals surface area contributed by atoms with Gasteiger partial charge in [0, 0.05) is 11.8 Å². The third-order valence-electron chi connectivity index (χ3n) is 4.72. The average molecular weight is 405 g/mol. The van der Waals surface area contributed by atoms with Gasteiger partial charge in [-0.3, -0.25) is 4.99 Å². The van der Waals surface area contributed by atoms with E-state index in [1.54, 1.807) is 0 Å². The molecule has 0 heterocycles. The molecule has 3 rings (SSSR count). The molecule has 0 saturated heterocycles. The maximum absolute atomic E-state index is 9.97. The Kier molecular flexibility index (Phi) is 7.25. The molecule has 0 aliphatic heterocycles. The van der Waals surface area contributed by atoms with E-state index in [2.05, 4.69) is 0 Å². The van der Waals surface area contributed by atoms with Gasteiger partial charge in [-0.25, -0.2) is 0 Å². The molecule has 5 heteroatoms. The standard InChI is InChI=1S/C16H21NO.2ClH.Zr/c1-11-4-2-6-13(16(11)18)10-17-15-7-3-5-12-8-9-14(12)15;;;/h2,4,6,10,12,14-15,18H,3,5,7-9H2,1H3;2*1H;/q;;;+2/p-2. The van der Waals surface area contributed by atoms with Crippen LogP contribution < -0.4 is 0 Å². The zero-order valence-electron chi connectivity index (χ0n) is 12.2. The number of fused-ring (bicyclic) bond motifs is 1. The van der Waals surface area contributed by atoms with Gasteiger partial charge < -0.3 is 5.11 Å². The van der Waals surface area contributed by atoms with Crippen LogP contribution in [-0.2, 0) is 20.8 Å². The number of aromatic hydroxyl groups is 1. The molecular formula is C16H21Cl2NOZr. The van der Waals surface area contributed by atoms with Crippen molar-refractivity contribution in [3.8, 4) is 5.75 Å². The Hall–Kier alpha value is 0.153. The summed E-state index contributed by atoms with van der Waals surface area (Å²) in [6.07, 6.45) is 8.60. The number of hydrogen-bond donors (Lipinski definition) is 1. The number of aliphatic imine (C=N–C) groups is 1. The summed E-state index contributed by atoms with van der Waals surface area (Å²) in [6.45, 7) is 1.93. The van der Waals surface area contributed by atoms with Gasteiger partial charge >= 0.3 is 37.9 Å². The molecule has 1 N–H and O–H groups in total. The fourth-order valence-electron chi connectivity index (χ4n) is 3.41. The summed E-state index contributed by atoms with van der Waals surface area (Å²) in [5.74, 6) is 2.14. The molecule has 114 valence electrons. The number of nitrogens with zero attached hydrogens (tertiary/aromatic N) is 1. The van der Waals surface area contributed by atoms with Gasteiger partial charge in [-0.05, 0) is 49.7 Å². The first-order valence-corrected chi connectivity index (χ1v) is 13.8. The van der Waals surface area contributed by atoms with E-state index in [9.17, 15) is 5.11 Å². The number of hydrogen-bond acceptors (Lipinski definition) is 2. The molecule has 0 spiro atoms. The van der Waals surface area contributed by atoms with Crippen molar-refractivity contribution in [3.05, 3.63) is 29.3 Å². The summed E-state index contributed by atoms with van der Waals surface area (Å²) in [5, 5.41) is 9.97. The first kappa shape index (κ1) is 17.5. The van der Waals surface area contributed by atoms with Crippen LogP contribution in [0.2, 0.25) is 0 Å². The maximum atomic E-state index is 9.97. The zero-order valence-corrected chi connectivity index (χ0v) is 16.2. The number of halogens is 2. The predicted octanol–water partition coefficient (Wildman–Crippen LogP) is 5.07. The fraction of sp³-hybridized carbons (Fsp3) is 0.562. The Bertz CT molecular complexity index is 495. The van der Waals surface area contributed by atoms with Crippen molar-refractivity contribution < 1.29 is 26.0 Å². The van der Waals surface area contributed by atoms with Crippen LogP contribution in [0, 0.1) is 18.8 Å². The van der Waals surface area contributed by atoms with Crippen LogP contribution in [0.3, 0.4) is 0 Å². The molecule has 0 aromatic heterocycles. The van der Waals surface area contributed by atoms with Crippen molar-refractivity contribution in [2.24, 2.45) is 16.8 Å². The molecule has 2 aliphatic carbocycles. The van der Waals surface area contributed by atoms with E-state index in [-0.39, 0.29) is 0 Å². The van der Waals surface area contributed by atoms with Gasteiger partial charge in [0.2, 0.25) is 0 Å². The van der Waals surface area contributed by atoms with Crippen LogP contribution >= 0.6 is 17.0 Å². The van der Waals surface area contributed by atoms with E-state index in [1.807, 2.05) is 31.3 Å². The fourth-order valence-corrected chi connectivity index (χ4v) is 3.41. The molecular weight excluding hydrogens is 384 g/mol. The minimum absolute atomic E-state index is 0.377. The molecule has 2 nitrogen and oxygen atoms in total. The summed E-state index contributed by atoms with van der Waals surface area (Å²) in [4.78, 5) is 4.75. The first-order chi connectivity index (χ1) is 10.2. The van der Waals surface area contributed by atoms with Crippen molar-refractivity contribution in [1.82, 2.24) is 0 Å². The Labute approximate surface area is 145 Å². The van der Waals surface area contributed by atoms with Crippen LogP contribution in [0.4, 0.5) is 0 Å². The van der Waals surface area contributed by atoms with Gasteiger partial charge in [0.1, 0.15) is 5.75 Å². The van der Waals surface area contributed by atoms with Gasteiger partial charge in [-0.15, -0.1) is 0 Å². The quantitative estimate of drug-likeness (QED) is 0.684. The zero-order chi connectivity index (χ0) is 15.2. The number of rotatable bonds is 2. The third kappa shape index (κ3) is 4.56. The average Bonchev–Trinajstić information content (AvgIpc) is 2.43. The Morgan fingerprint density at radius 3 is 2.67 bits per heavy atom. The van der Waals surface area contributed by atoms with Gasteiger partial charge in [0.25, 0.3) is 0 Å². The van der Waals surface area contributed by atoms with Gasteiger partial charge in [-0.2, -0.15) is 0 Å². The second-order valence-electron chi connectivity index (χ2n) is 5.86. The van der Waals surface area contributed by atoms with E-state index >= 15 is 0 Å². The summed E-state index contributed by atoms with van der Waals surface area (Å²) >= 11 is -0.826. The molecule has 2 fully saturated rings. The summed E-state index contributed by atoms with van der Waals surface area (Å²) in [6, 6.07) is 6.34. The molecule has 2 aliphatic rings. The van der Waals surface area contributed by atoms with E-state index in [0.717, 1.165) is 23.0 Å². The van der Waals surface area contributed by atoms with Gasteiger partial charge in [-0.1, -0.05) is 25.0 Å². The van der Waals surface area contributed by atoms with Gasteiger partial charge in [0.05, 0.1) is 6.04 Å². The van der Waals surface area contributed by atoms with Crippen LogP contribution in [-0.4, -0.2) is 17.4 Å². The molecule has 3 atom stereocenters. The third-order valence-corrected chi connectivity index (χ3v) is 4.72. The SMILES string of the molecule is Cc1cccc(C=NC2CCCC3CCC32)c1O.[Cl][Zr][Cl]. The van der Waals surface area contributed by atoms with Gasteiger partial charge in [0.15, 0.2) is 0 Å². The molecule has 21 heavy (non-hydrogen) atoms. The second kappa shape index (κ2) is 8.70. The van der Waals surface area contributed by atoms with Crippen LogP contribution in [0.5, 0.6) is 5.75 Å². The van der Waals surface area contributed by atoms with E-state index < -0.39 is 20.8 Å². The normalized spacial score (nSPS) is 27.3. The van der Waals surface area contributed by atoms with Crippen molar-refractivity contribution in [2.75, 3.05) is 0 Å². The molecule has 2 saturated carbocycles. The molecule has 1 aromatic rings. The molecule has 0 amide bonds. The van der Waals surface area contributed by atoms with Crippen LogP contribution in [0.25, 0.3) is 0 Å². The summed E-state index contributed by atoms with van der Waals surface area (Å²) < 4.78 is 0. The number of phenols is 1. The summed E-state index contributed by atoms with van der Waals surface area (Å²) in [7, 11) is 9.87. The number of aryl methyl sites for hydroxylation is 1. The first-order valence-electron chi connectivity index (χ1n) is 7.45. The Morgan fingerprint density at radius 2 is 2.00 bits per heavy atom. The van der Waals surface area contributed by atoms with E-state index in [0.29, 0.717) is 11.8 Å². The van der Waals surface area contributed by atoms with Crippen molar-refractivity contribution in [1.29, 1.82) is 0 Å². The van der Waals surface area contributed by atoms with Crippen molar-refractivity contribution in [2.45, 2.75) is 45.1 Å². The van der Waals surface area contributed by atoms with E-state index in [4.69, 9.17) is 22.0 Å². The van der Waals surface area contributed by atoms with Crippen molar-refractivity contribution >= 4 is 23.2 Å². The predicted molar refractivity (Wildman–Crippen MR) is 86.0 cm³/mol. The molecule has 1 aromatic carbocycles. The number of para-hydroxylation sites is 1. The molecule has 0 bridgehead atoms. The second-order valence-corrected chi connectivity index (χ2v) is 9.59. The molecule has 3 unspecified atom stereocenters. The molecule has 0 radical (unpaired) electrons. The topological polar surface area (TPSA) is 32.6 Å². The van der Waals surface area contributed by atoms with Crippen molar-refractivity contribution in [3.63, 3.8) is 0 Å². The Morgan fingerprint density at radius 1 is 1.24 bits per heavy atom. The summed E-state index contributed by atoms with van der Waals surface area (Å²) in [5.41, 5.74) is 1.78. The monoisotopic (exact) mass is 403 g/mol. The van der Waals surface area contributed by atoms with E-state index in [1.165, 1.54) is 32.1 Å². The number of benzene rings is 1. The Balaban J connectivity index is 0.000000497. The number of phenolic OH excluding ortho intramolecular Hbond substituents is 1. The minimum atomic E-state index is -0.826.